The topological polar surface area (TPSA) is 46.3 Å². The van der Waals surface area contributed by atoms with Gasteiger partial charge in [0.1, 0.15) is 0 Å². The maximum atomic E-state index is 11.9. The summed E-state index contributed by atoms with van der Waals surface area (Å²) in [6.07, 6.45) is 4.80. The number of nitrogens with zero attached hydrogens (tertiary/aromatic N) is 1. The van der Waals surface area contributed by atoms with Gasteiger partial charge in [0.15, 0.2) is 0 Å². The minimum absolute atomic E-state index is 0.0929. The van der Waals surface area contributed by atoms with E-state index in [9.17, 15) is 4.79 Å². The van der Waals surface area contributed by atoms with Gasteiger partial charge >= 0.3 is 0 Å². The van der Waals surface area contributed by atoms with Crippen molar-refractivity contribution < 1.29 is 4.79 Å². The fourth-order valence-electron chi connectivity index (χ4n) is 2.54. The van der Waals surface area contributed by atoms with Crippen LogP contribution < -0.4 is 5.73 Å². The number of nitrogens with two attached hydrogens (primary N) is 1. The molecule has 0 saturated heterocycles. The molecule has 1 saturated carbocycles. The lowest BCUT2D eigenvalue weighted by Gasteiger charge is -2.38. The van der Waals surface area contributed by atoms with Gasteiger partial charge < -0.3 is 10.6 Å². The summed E-state index contributed by atoms with van der Waals surface area (Å²) in [6, 6.07) is 0.374. The van der Waals surface area contributed by atoms with Gasteiger partial charge in [0.05, 0.1) is 0 Å². The normalized spacial score (nSPS) is 26.7. The molecular formula is C12H24N2O. The van der Waals surface area contributed by atoms with Crippen LogP contribution in [0.4, 0.5) is 0 Å². The van der Waals surface area contributed by atoms with Crippen LogP contribution in [0.25, 0.3) is 0 Å². The molecule has 0 bridgehead atoms. The van der Waals surface area contributed by atoms with Crippen molar-refractivity contribution in [1.82, 2.24) is 4.90 Å². The molecule has 0 spiro atoms. The zero-order chi connectivity index (χ0) is 11.4. The third-order valence-corrected chi connectivity index (χ3v) is 3.51. The summed E-state index contributed by atoms with van der Waals surface area (Å²) in [5.41, 5.74) is 5.77. The Hall–Kier alpha value is -0.570. The molecule has 15 heavy (non-hydrogen) atoms. The van der Waals surface area contributed by atoms with Gasteiger partial charge in [0.2, 0.25) is 5.91 Å². The fourth-order valence-corrected chi connectivity index (χ4v) is 2.54. The van der Waals surface area contributed by atoms with E-state index in [1.807, 2.05) is 25.8 Å². The second-order valence-electron chi connectivity index (χ2n) is 4.95. The molecule has 0 aliphatic heterocycles. The first-order chi connectivity index (χ1) is 7.07. The summed E-state index contributed by atoms with van der Waals surface area (Å²) < 4.78 is 0. The first-order valence-electron chi connectivity index (χ1n) is 6.04. The van der Waals surface area contributed by atoms with E-state index in [4.69, 9.17) is 5.73 Å². The molecule has 2 atom stereocenters. The molecule has 3 heteroatoms. The molecule has 0 aromatic rings. The van der Waals surface area contributed by atoms with Crippen LogP contribution in [0.2, 0.25) is 0 Å². The second-order valence-corrected chi connectivity index (χ2v) is 4.95. The standard InChI is InChI=1S/C12H24N2O/c1-9(2)12(15)14(3)11-7-5-4-6-10(11)8-13/h9-11H,4-8,13H2,1-3H3. The maximum Gasteiger partial charge on any atom is 0.225 e. The van der Waals surface area contributed by atoms with Gasteiger partial charge in [-0.3, -0.25) is 4.79 Å². The summed E-state index contributed by atoms with van der Waals surface area (Å²) in [4.78, 5) is 13.8. The highest BCUT2D eigenvalue weighted by atomic mass is 16.2. The minimum atomic E-state index is 0.0929. The second kappa shape index (κ2) is 5.50. The molecule has 1 aliphatic carbocycles. The van der Waals surface area contributed by atoms with Crippen LogP contribution in [0.3, 0.4) is 0 Å². The summed E-state index contributed by atoms with van der Waals surface area (Å²) >= 11 is 0. The van der Waals surface area contributed by atoms with Gasteiger partial charge in [0, 0.05) is 19.0 Å². The smallest absolute Gasteiger partial charge is 0.225 e. The Morgan fingerprint density at radius 2 is 2.00 bits per heavy atom. The highest BCUT2D eigenvalue weighted by Gasteiger charge is 2.30. The Bertz CT molecular complexity index is 216. The molecule has 88 valence electrons. The number of rotatable bonds is 3. The van der Waals surface area contributed by atoms with Crippen LogP contribution in [0.1, 0.15) is 39.5 Å². The Morgan fingerprint density at radius 3 is 2.53 bits per heavy atom. The van der Waals surface area contributed by atoms with Gasteiger partial charge in [-0.2, -0.15) is 0 Å². The van der Waals surface area contributed by atoms with Gasteiger partial charge in [0.25, 0.3) is 0 Å². The van der Waals surface area contributed by atoms with E-state index in [1.165, 1.54) is 19.3 Å². The van der Waals surface area contributed by atoms with Crippen LogP contribution in [0, 0.1) is 11.8 Å². The third-order valence-electron chi connectivity index (χ3n) is 3.51. The van der Waals surface area contributed by atoms with Gasteiger partial charge in [-0.05, 0) is 25.3 Å². The number of carbonyl (C=O) groups excluding carboxylic acids is 1. The Morgan fingerprint density at radius 1 is 1.40 bits per heavy atom. The monoisotopic (exact) mass is 212 g/mol. The lowest BCUT2D eigenvalue weighted by Crippen LogP contribution is -2.47. The van der Waals surface area contributed by atoms with E-state index in [1.54, 1.807) is 0 Å². The first-order valence-corrected chi connectivity index (χ1v) is 6.04. The fraction of sp³-hybridized carbons (Fsp3) is 0.917. The maximum absolute atomic E-state index is 11.9. The van der Waals surface area contributed by atoms with E-state index in [0.29, 0.717) is 18.5 Å². The quantitative estimate of drug-likeness (QED) is 0.772. The van der Waals surface area contributed by atoms with Crippen LogP contribution in [-0.2, 0) is 4.79 Å². The summed E-state index contributed by atoms with van der Waals surface area (Å²) in [7, 11) is 1.93. The average molecular weight is 212 g/mol. The predicted molar refractivity (Wildman–Crippen MR) is 62.4 cm³/mol. The first kappa shape index (κ1) is 12.5. The molecule has 1 rings (SSSR count). The predicted octanol–water partition coefficient (Wildman–Crippen LogP) is 1.62. The van der Waals surface area contributed by atoms with Crippen molar-refractivity contribution in [3.8, 4) is 0 Å². The van der Waals surface area contributed by atoms with Crippen LogP contribution in [-0.4, -0.2) is 30.4 Å². The molecule has 0 aromatic heterocycles. The van der Waals surface area contributed by atoms with E-state index in [0.717, 1.165) is 6.42 Å². The van der Waals surface area contributed by atoms with Crippen LogP contribution in [0.15, 0.2) is 0 Å². The lowest BCUT2D eigenvalue weighted by molar-refractivity contribution is -0.136. The van der Waals surface area contributed by atoms with E-state index in [-0.39, 0.29) is 11.8 Å². The largest absolute Gasteiger partial charge is 0.342 e. The number of hydrogen-bond acceptors (Lipinski definition) is 2. The Balaban J connectivity index is 2.63. The van der Waals surface area contributed by atoms with Crippen molar-refractivity contribution in [2.24, 2.45) is 17.6 Å². The highest BCUT2D eigenvalue weighted by molar-refractivity contribution is 5.78. The average Bonchev–Trinajstić information content (AvgIpc) is 2.26. The third kappa shape index (κ3) is 2.94. The molecule has 2 unspecified atom stereocenters. The van der Waals surface area contributed by atoms with Crippen molar-refractivity contribution in [2.45, 2.75) is 45.6 Å². The Labute approximate surface area is 93.0 Å². The van der Waals surface area contributed by atoms with Gasteiger partial charge in [-0.15, -0.1) is 0 Å². The van der Waals surface area contributed by atoms with E-state index < -0.39 is 0 Å². The minimum Gasteiger partial charge on any atom is -0.342 e. The lowest BCUT2D eigenvalue weighted by atomic mass is 9.83. The molecule has 0 aromatic carbocycles. The SMILES string of the molecule is CC(C)C(=O)N(C)C1CCCCC1CN. The number of carbonyl (C=O) groups is 1. The van der Waals surface area contributed by atoms with E-state index in [2.05, 4.69) is 0 Å². The van der Waals surface area contributed by atoms with Gasteiger partial charge in [-0.1, -0.05) is 26.7 Å². The molecule has 1 fully saturated rings. The number of hydrogen-bond donors (Lipinski definition) is 1. The summed E-state index contributed by atoms with van der Waals surface area (Å²) in [5, 5.41) is 0. The molecule has 0 radical (unpaired) electrons. The number of amides is 1. The van der Waals surface area contributed by atoms with Crippen LogP contribution in [0.5, 0.6) is 0 Å². The highest BCUT2D eigenvalue weighted by Crippen LogP contribution is 2.27. The molecule has 3 nitrogen and oxygen atoms in total. The van der Waals surface area contributed by atoms with Crippen molar-refractivity contribution in [3.05, 3.63) is 0 Å². The zero-order valence-electron chi connectivity index (χ0n) is 10.2. The van der Waals surface area contributed by atoms with Crippen LogP contribution >= 0.6 is 0 Å². The van der Waals surface area contributed by atoms with Gasteiger partial charge in [-0.25, -0.2) is 0 Å². The van der Waals surface area contributed by atoms with Crippen molar-refractivity contribution in [2.75, 3.05) is 13.6 Å². The zero-order valence-corrected chi connectivity index (χ0v) is 10.2. The van der Waals surface area contributed by atoms with Crippen molar-refractivity contribution in [3.63, 3.8) is 0 Å². The summed E-state index contributed by atoms with van der Waals surface area (Å²) in [5.74, 6) is 0.849. The molecule has 1 amide bonds. The van der Waals surface area contributed by atoms with Crippen molar-refractivity contribution in [1.29, 1.82) is 0 Å². The summed E-state index contributed by atoms with van der Waals surface area (Å²) in [6.45, 7) is 4.62. The molecule has 1 aliphatic rings. The molecule has 2 N–H and O–H groups in total. The Kier molecular flexibility index (Phi) is 4.58. The van der Waals surface area contributed by atoms with E-state index >= 15 is 0 Å². The van der Waals surface area contributed by atoms with Crippen molar-refractivity contribution >= 4 is 5.91 Å². The molecular weight excluding hydrogens is 188 g/mol. The molecule has 0 heterocycles.